The summed E-state index contributed by atoms with van der Waals surface area (Å²) in [6, 6.07) is 14.2. The topological polar surface area (TPSA) is 65.5 Å². The first-order valence-electron chi connectivity index (χ1n) is 13.3. The zero-order chi connectivity index (χ0) is 24.7. The summed E-state index contributed by atoms with van der Waals surface area (Å²) < 4.78 is 0. The van der Waals surface area contributed by atoms with Crippen LogP contribution in [0.1, 0.15) is 57.1 Å². The number of pyridine rings is 1. The van der Waals surface area contributed by atoms with E-state index in [1.165, 1.54) is 12.0 Å². The third-order valence-electron chi connectivity index (χ3n) is 7.58. The van der Waals surface area contributed by atoms with Crippen LogP contribution >= 0.6 is 0 Å². The summed E-state index contributed by atoms with van der Waals surface area (Å²) in [6.45, 7) is 7.50. The fraction of sp³-hybridized carbons (Fsp3) is 0.552. The van der Waals surface area contributed by atoms with Gasteiger partial charge in [-0.25, -0.2) is 0 Å². The van der Waals surface area contributed by atoms with Crippen molar-refractivity contribution in [2.45, 2.75) is 70.4 Å². The Morgan fingerprint density at radius 1 is 0.971 bits per heavy atom. The van der Waals surface area contributed by atoms with Gasteiger partial charge >= 0.3 is 0 Å². The molecule has 2 aliphatic heterocycles. The molecule has 0 radical (unpaired) electrons. The molecule has 188 valence electrons. The van der Waals surface area contributed by atoms with Crippen LogP contribution in [0.25, 0.3) is 0 Å². The molecule has 1 spiro atoms. The van der Waals surface area contributed by atoms with Crippen molar-refractivity contribution < 1.29 is 9.59 Å². The van der Waals surface area contributed by atoms with Crippen molar-refractivity contribution in [1.82, 2.24) is 20.1 Å². The summed E-state index contributed by atoms with van der Waals surface area (Å²) in [6.07, 6.45) is 9.82. The van der Waals surface area contributed by atoms with Crippen LogP contribution in [0.4, 0.5) is 0 Å². The molecule has 0 bridgehead atoms. The lowest BCUT2D eigenvalue weighted by Crippen LogP contribution is -2.73. The Bertz CT molecular complexity index is 955. The van der Waals surface area contributed by atoms with Gasteiger partial charge in [0.25, 0.3) is 0 Å². The van der Waals surface area contributed by atoms with Crippen molar-refractivity contribution >= 4 is 11.8 Å². The summed E-state index contributed by atoms with van der Waals surface area (Å²) in [4.78, 5) is 35.7. The zero-order valence-corrected chi connectivity index (χ0v) is 21.3. The SMILES string of the molecule is CC(C)C[C@@H]1NC(=O)C2(CCN(CCCCc3ccccc3)CC2)N(CCc2cccnc2)C1=O. The lowest BCUT2D eigenvalue weighted by molar-refractivity contribution is -0.161. The van der Waals surface area contributed by atoms with Crippen LogP contribution in [-0.4, -0.2) is 64.4 Å². The van der Waals surface area contributed by atoms with E-state index in [1.54, 1.807) is 6.20 Å². The number of aryl methyl sites for hydroxylation is 1. The summed E-state index contributed by atoms with van der Waals surface area (Å²) in [5, 5.41) is 3.11. The molecule has 2 amide bonds. The van der Waals surface area contributed by atoms with Crippen molar-refractivity contribution in [3.05, 3.63) is 66.0 Å². The van der Waals surface area contributed by atoms with E-state index in [0.29, 0.717) is 38.1 Å². The Kier molecular flexibility index (Phi) is 8.55. The number of hydrogen-bond acceptors (Lipinski definition) is 4. The molecule has 1 aromatic heterocycles. The van der Waals surface area contributed by atoms with Crippen LogP contribution in [0.5, 0.6) is 0 Å². The van der Waals surface area contributed by atoms with Crippen molar-refractivity contribution in [3.8, 4) is 0 Å². The highest BCUT2D eigenvalue weighted by molar-refractivity contribution is 6.00. The lowest BCUT2D eigenvalue weighted by Gasteiger charge is -2.52. The number of rotatable bonds is 10. The van der Waals surface area contributed by atoms with Gasteiger partial charge in [0.1, 0.15) is 11.6 Å². The maximum atomic E-state index is 13.6. The maximum Gasteiger partial charge on any atom is 0.246 e. The highest BCUT2D eigenvalue weighted by Crippen LogP contribution is 2.34. The first-order chi connectivity index (χ1) is 17.0. The van der Waals surface area contributed by atoms with Crippen molar-refractivity contribution in [3.63, 3.8) is 0 Å². The number of nitrogens with one attached hydrogen (secondary N) is 1. The van der Waals surface area contributed by atoms with Gasteiger partial charge < -0.3 is 15.1 Å². The largest absolute Gasteiger partial charge is 0.342 e. The number of aromatic nitrogens is 1. The van der Waals surface area contributed by atoms with Crippen LogP contribution < -0.4 is 5.32 Å². The van der Waals surface area contributed by atoms with E-state index in [-0.39, 0.29) is 11.8 Å². The van der Waals surface area contributed by atoms with Crippen molar-refractivity contribution in [2.75, 3.05) is 26.2 Å². The summed E-state index contributed by atoms with van der Waals surface area (Å²) in [5.74, 6) is 0.465. The van der Waals surface area contributed by atoms with Gasteiger partial charge in [-0.15, -0.1) is 0 Å². The molecule has 0 aliphatic carbocycles. The molecule has 6 nitrogen and oxygen atoms in total. The second-order valence-electron chi connectivity index (χ2n) is 10.6. The minimum absolute atomic E-state index is 0.0395. The Labute approximate surface area is 210 Å². The number of nitrogens with zero attached hydrogens (tertiary/aromatic N) is 3. The van der Waals surface area contributed by atoms with Crippen LogP contribution in [0, 0.1) is 5.92 Å². The molecule has 1 aromatic carbocycles. The zero-order valence-electron chi connectivity index (χ0n) is 21.3. The number of carbonyl (C=O) groups is 2. The first-order valence-corrected chi connectivity index (χ1v) is 13.3. The number of hydrogen-bond donors (Lipinski definition) is 1. The molecule has 4 rings (SSSR count). The Hall–Kier alpha value is -2.73. The van der Waals surface area contributed by atoms with Crippen molar-refractivity contribution in [2.24, 2.45) is 5.92 Å². The van der Waals surface area contributed by atoms with Crippen LogP contribution in [0.15, 0.2) is 54.9 Å². The molecule has 2 saturated heterocycles. The predicted molar refractivity (Wildman–Crippen MR) is 139 cm³/mol. The molecule has 35 heavy (non-hydrogen) atoms. The second kappa shape index (κ2) is 11.8. The van der Waals surface area contributed by atoms with Crippen LogP contribution in [-0.2, 0) is 22.4 Å². The van der Waals surface area contributed by atoms with E-state index in [1.807, 2.05) is 23.2 Å². The number of amides is 2. The fourth-order valence-corrected chi connectivity index (χ4v) is 5.57. The summed E-state index contributed by atoms with van der Waals surface area (Å²) >= 11 is 0. The third kappa shape index (κ3) is 6.29. The summed E-state index contributed by atoms with van der Waals surface area (Å²) in [7, 11) is 0. The Morgan fingerprint density at radius 3 is 2.40 bits per heavy atom. The monoisotopic (exact) mass is 476 g/mol. The second-order valence-corrected chi connectivity index (χ2v) is 10.6. The normalized spacial score (nSPS) is 20.4. The third-order valence-corrected chi connectivity index (χ3v) is 7.58. The molecule has 1 atom stereocenters. The van der Waals surface area contributed by atoms with Gasteiger partial charge in [-0.1, -0.05) is 50.2 Å². The molecule has 0 saturated carbocycles. The van der Waals surface area contributed by atoms with E-state index in [0.717, 1.165) is 38.0 Å². The molecule has 3 heterocycles. The predicted octanol–water partition coefficient (Wildman–Crippen LogP) is 3.85. The minimum atomic E-state index is -0.729. The molecular weight excluding hydrogens is 436 g/mol. The van der Waals surface area contributed by atoms with Gasteiger partial charge in [-0.2, -0.15) is 0 Å². The first kappa shape index (κ1) is 25.4. The summed E-state index contributed by atoms with van der Waals surface area (Å²) in [5.41, 5.74) is 1.76. The molecule has 2 fully saturated rings. The average molecular weight is 477 g/mol. The maximum absolute atomic E-state index is 13.6. The number of piperidine rings is 1. The number of benzene rings is 1. The van der Waals surface area contributed by atoms with E-state index in [9.17, 15) is 9.59 Å². The number of unbranched alkanes of at least 4 members (excludes halogenated alkanes) is 1. The Morgan fingerprint density at radius 2 is 1.71 bits per heavy atom. The van der Waals surface area contributed by atoms with Gasteiger partial charge in [0.15, 0.2) is 0 Å². The van der Waals surface area contributed by atoms with Crippen LogP contribution in [0.2, 0.25) is 0 Å². The van der Waals surface area contributed by atoms with E-state index in [4.69, 9.17) is 0 Å². The molecule has 0 unspecified atom stereocenters. The number of carbonyl (C=O) groups excluding carboxylic acids is 2. The number of piperazine rings is 1. The van der Waals surface area contributed by atoms with E-state index in [2.05, 4.69) is 59.4 Å². The fourth-order valence-electron chi connectivity index (χ4n) is 5.57. The quantitative estimate of drug-likeness (QED) is 0.529. The van der Waals surface area contributed by atoms with Gasteiger partial charge in [-0.05, 0) is 74.6 Å². The van der Waals surface area contributed by atoms with Gasteiger partial charge in [0.2, 0.25) is 11.8 Å². The minimum Gasteiger partial charge on any atom is -0.342 e. The highest BCUT2D eigenvalue weighted by atomic mass is 16.2. The van der Waals surface area contributed by atoms with Gasteiger partial charge in [0.05, 0.1) is 0 Å². The number of likely N-dealkylation sites (tertiary alicyclic amines) is 1. The lowest BCUT2D eigenvalue weighted by atomic mass is 9.80. The Balaban J connectivity index is 1.37. The molecule has 2 aromatic rings. The van der Waals surface area contributed by atoms with Gasteiger partial charge in [-0.3, -0.25) is 14.6 Å². The molecule has 6 heteroatoms. The molecule has 1 N–H and O–H groups in total. The van der Waals surface area contributed by atoms with Gasteiger partial charge in [0, 0.05) is 32.0 Å². The average Bonchev–Trinajstić information content (AvgIpc) is 2.87. The molecule has 2 aliphatic rings. The van der Waals surface area contributed by atoms with E-state index >= 15 is 0 Å². The standard InChI is InChI=1S/C29H40N4O2/c1-23(2)21-26-27(34)33(18-13-25-12-8-16-30-22-25)29(28(35)31-26)14-19-32(20-15-29)17-7-6-11-24-9-4-3-5-10-24/h3-5,8-10,12,16,22-23,26H,6-7,11,13-15,17-21H2,1-2H3,(H,31,35)/t26-/m0/s1. The smallest absolute Gasteiger partial charge is 0.246 e. The van der Waals surface area contributed by atoms with Crippen LogP contribution in [0.3, 0.4) is 0 Å². The highest BCUT2D eigenvalue weighted by Gasteiger charge is 2.53. The van der Waals surface area contributed by atoms with E-state index < -0.39 is 11.6 Å². The van der Waals surface area contributed by atoms with Crippen molar-refractivity contribution in [1.29, 1.82) is 0 Å². The molecular formula is C29H40N4O2.